The van der Waals surface area contributed by atoms with Crippen LogP contribution >= 0.6 is 11.8 Å². The maximum Gasteiger partial charge on any atom is 0.264 e. The van der Waals surface area contributed by atoms with Crippen LogP contribution in [0.4, 0.5) is 11.4 Å². The van der Waals surface area contributed by atoms with Crippen LogP contribution in [0.15, 0.2) is 76.5 Å². The summed E-state index contributed by atoms with van der Waals surface area (Å²) in [4.78, 5) is 14.0. The average molecular weight is 487 g/mol. The van der Waals surface area contributed by atoms with E-state index in [2.05, 4.69) is 5.32 Å². The Morgan fingerprint density at radius 2 is 1.70 bits per heavy atom. The summed E-state index contributed by atoms with van der Waals surface area (Å²) in [6.07, 6.45) is 1.90. The second-order valence-corrected chi connectivity index (χ2v) is 9.82. The van der Waals surface area contributed by atoms with E-state index in [1.54, 1.807) is 36.4 Å². The summed E-state index contributed by atoms with van der Waals surface area (Å²) < 4.78 is 39.1. The van der Waals surface area contributed by atoms with Gasteiger partial charge in [0.15, 0.2) is 0 Å². The largest absolute Gasteiger partial charge is 0.497 e. The number of nitrogens with one attached hydrogen (secondary N) is 1. The lowest BCUT2D eigenvalue weighted by atomic mass is 10.2. The van der Waals surface area contributed by atoms with E-state index in [0.29, 0.717) is 17.2 Å². The van der Waals surface area contributed by atoms with E-state index >= 15 is 0 Å². The van der Waals surface area contributed by atoms with Crippen molar-refractivity contribution in [3.8, 4) is 11.5 Å². The molecule has 0 fully saturated rings. The Morgan fingerprint density at radius 3 is 2.33 bits per heavy atom. The lowest BCUT2D eigenvalue weighted by molar-refractivity contribution is -0.114. The number of thioether (sulfide) groups is 1. The molecule has 0 aliphatic rings. The molecule has 3 rings (SSSR count). The predicted octanol–water partition coefficient (Wildman–Crippen LogP) is 4.57. The lowest BCUT2D eigenvalue weighted by Crippen LogP contribution is -2.38. The number of para-hydroxylation sites is 1. The van der Waals surface area contributed by atoms with Gasteiger partial charge in [-0.05, 0) is 49.6 Å². The molecule has 0 aromatic heterocycles. The third-order valence-corrected chi connectivity index (χ3v) is 7.50. The fourth-order valence-corrected chi connectivity index (χ4v) is 5.17. The van der Waals surface area contributed by atoms with E-state index < -0.39 is 22.5 Å². The Hall–Kier alpha value is -3.17. The van der Waals surface area contributed by atoms with Gasteiger partial charge in [-0.15, -0.1) is 11.8 Å². The van der Waals surface area contributed by atoms with Crippen molar-refractivity contribution >= 4 is 39.1 Å². The molecule has 0 saturated carbocycles. The molecule has 0 unspecified atom stereocenters. The summed E-state index contributed by atoms with van der Waals surface area (Å²) in [7, 11) is -1.18. The van der Waals surface area contributed by atoms with Crippen molar-refractivity contribution in [2.24, 2.45) is 0 Å². The third-order valence-electron chi connectivity index (χ3n) is 4.93. The number of nitrogens with zero attached hydrogens (tertiary/aromatic N) is 1. The minimum atomic E-state index is -4.10. The molecule has 3 aromatic rings. The Kier molecular flexibility index (Phi) is 7.88. The van der Waals surface area contributed by atoms with Crippen molar-refractivity contribution in [3.05, 3.63) is 72.3 Å². The van der Waals surface area contributed by atoms with Crippen LogP contribution in [0, 0.1) is 6.92 Å². The Morgan fingerprint density at radius 1 is 1.00 bits per heavy atom. The van der Waals surface area contributed by atoms with Crippen LogP contribution < -0.4 is 19.1 Å². The topological polar surface area (TPSA) is 84.9 Å². The van der Waals surface area contributed by atoms with Crippen LogP contribution in [0.5, 0.6) is 11.5 Å². The molecule has 0 heterocycles. The summed E-state index contributed by atoms with van der Waals surface area (Å²) in [6.45, 7) is 1.42. The number of rotatable bonds is 9. The number of sulfonamides is 1. The Bertz CT molecular complexity index is 1230. The Labute approximate surface area is 198 Å². The van der Waals surface area contributed by atoms with Gasteiger partial charge in [0.05, 0.1) is 30.5 Å². The minimum absolute atomic E-state index is 0.0651. The van der Waals surface area contributed by atoms with Crippen molar-refractivity contribution in [1.82, 2.24) is 0 Å². The normalized spacial score (nSPS) is 11.0. The molecule has 0 saturated heterocycles. The van der Waals surface area contributed by atoms with Gasteiger partial charge in [0, 0.05) is 11.0 Å². The molecular formula is C24H26N2O5S2. The second-order valence-electron chi connectivity index (χ2n) is 7.11. The molecule has 1 amide bonds. The monoisotopic (exact) mass is 486 g/mol. The molecule has 9 heteroatoms. The zero-order chi connectivity index (χ0) is 24.0. The van der Waals surface area contributed by atoms with Crippen LogP contribution in [0.2, 0.25) is 0 Å². The number of hydrogen-bond donors (Lipinski definition) is 1. The van der Waals surface area contributed by atoms with Crippen molar-refractivity contribution in [3.63, 3.8) is 0 Å². The summed E-state index contributed by atoms with van der Waals surface area (Å²) >= 11 is 1.48. The average Bonchev–Trinajstić information content (AvgIpc) is 2.82. The first-order valence-corrected chi connectivity index (χ1v) is 12.7. The van der Waals surface area contributed by atoms with Gasteiger partial charge in [0.25, 0.3) is 10.0 Å². The Balaban J connectivity index is 2.06. The molecule has 0 radical (unpaired) electrons. The smallest absolute Gasteiger partial charge is 0.264 e. The first-order valence-electron chi connectivity index (χ1n) is 10.0. The van der Waals surface area contributed by atoms with Gasteiger partial charge < -0.3 is 14.8 Å². The van der Waals surface area contributed by atoms with Crippen molar-refractivity contribution in [2.75, 3.05) is 36.6 Å². The molecule has 33 heavy (non-hydrogen) atoms. The van der Waals surface area contributed by atoms with Crippen molar-refractivity contribution in [2.45, 2.75) is 16.7 Å². The number of benzene rings is 3. The van der Waals surface area contributed by atoms with Crippen LogP contribution in [-0.4, -0.2) is 41.3 Å². The molecule has 0 spiro atoms. The van der Waals surface area contributed by atoms with Gasteiger partial charge in [-0.1, -0.05) is 29.8 Å². The van der Waals surface area contributed by atoms with E-state index in [1.807, 2.05) is 25.3 Å². The van der Waals surface area contributed by atoms with E-state index in [0.717, 1.165) is 14.8 Å². The van der Waals surface area contributed by atoms with Gasteiger partial charge in [-0.25, -0.2) is 8.42 Å². The van der Waals surface area contributed by atoms with Crippen LogP contribution in [0.1, 0.15) is 5.56 Å². The quantitative estimate of drug-likeness (QED) is 0.446. The zero-order valence-electron chi connectivity index (χ0n) is 18.9. The molecule has 0 aliphatic carbocycles. The molecule has 1 N–H and O–H groups in total. The molecule has 174 valence electrons. The number of hydrogen-bond acceptors (Lipinski definition) is 6. The fourth-order valence-electron chi connectivity index (χ4n) is 3.20. The van der Waals surface area contributed by atoms with Gasteiger partial charge in [-0.2, -0.15) is 0 Å². The number of ether oxygens (including phenoxy) is 2. The highest BCUT2D eigenvalue weighted by molar-refractivity contribution is 7.98. The van der Waals surface area contributed by atoms with E-state index in [-0.39, 0.29) is 10.6 Å². The second kappa shape index (κ2) is 10.6. The number of aryl methyl sites for hydroxylation is 1. The number of methoxy groups -OCH3 is 2. The number of carbonyl (C=O) groups is 1. The minimum Gasteiger partial charge on any atom is -0.497 e. The van der Waals surface area contributed by atoms with E-state index in [9.17, 15) is 13.2 Å². The third kappa shape index (κ3) is 5.61. The molecule has 0 atom stereocenters. The highest BCUT2D eigenvalue weighted by Gasteiger charge is 2.30. The number of anilines is 2. The predicted molar refractivity (Wildman–Crippen MR) is 132 cm³/mol. The summed E-state index contributed by atoms with van der Waals surface area (Å²) in [5.41, 5.74) is 1.73. The van der Waals surface area contributed by atoms with Crippen LogP contribution in [0.25, 0.3) is 0 Å². The van der Waals surface area contributed by atoms with Gasteiger partial charge in [-0.3, -0.25) is 9.10 Å². The lowest BCUT2D eigenvalue weighted by Gasteiger charge is -2.26. The van der Waals surface area contributed by atoms with E-state index in [1.165, 1.54) is 44.2 Å². The standard InChI is InChI=1S/C24H26N2O5S2/c1-17-9-12-19(13-10-17)33(28,29)26(21-15-18(30-2)11-14-22(21)31-3)16-24(27)25-20-7-5-6-8-23(20)32-4/h5-15H,16H2,1-4H3,(H,25,27). The highest BCUT2D eigenvalue weighted by atomic mass is 32.2. The first-order chi connectivity index (χ1) is 15.8. The SMILES string of the molecule is COc1ccc(OC)c(N(CC(=O)Nc2ccccc2SC)S(=O)(=O)c2ccc(C)cc2)c1. The van der Waals surface area contributed by atoms with E-state index in [4.69, 9.17) is 9.47 Å². The molecule has 0 aliphatic heterocycles. The molecule has 7 nitrogen and oxygen atoms in total. The molecule has 0 bridgehead atoms. The van der Waals surface area contributed by atoms with Crippen molar-refractivity contribution in [1.29, 1.82) is 0 Å². The highest BCUT2D eigenvalue weighted by Crippen LogP contribution is 2.36. The molecular weight excluding hydrogens is 460 g/mol. The zero-order valence-corrected chi connectivity index (χ0v) is 20.5. The first kappa shape index (κ1) is 24.5. The van der Waals surface area contributed by atoms with Gasteiger partial charge >= 0.3 is 0 Å². The van der Waals surface area contributed by atoms with Gasteiger partial charge in [0.1, 0.15) is 18.0 Å². The summed E-state index contributed by atoms with van der Waals surface area (Å²) in [5.74, 6) is 0.240. The number of amides is 1. The van der Waals surface area contributed by atoms with Crippen LogP contribution in [0.3, 0.4) is 0 Å². The molecule has 3 aromatic carbocycles. The summed E-state index contributed by atoms with van der Waals surface area (Å²) in [6, 6.07) is 18.6. The number of carbonyl (C=O) groups excluding carboxylic acids is 1. The van der Waals surface area contributed by atoms with Gasteiger partial charge in [0.2, 0.25) is 5.91 Å². The maximum absolute atomic E-state index is 13.7. The maximum atomic E-state index is 13.7. The fraction of sp³-hybridized carbons (Fsp3) is 0.208. The van der Waals surface area contributed by atoms with Crippen molar-refractivity contribution < 1.29 is 22.7 Å². The summed E-state index contributed by atoms with van der Waals surface area (Å²) in [5, 5.41) is 2.82. The van der Waals surface area contributed by atoms with Crippen LogP contribution in [-0.2, 0) is 14.8 Å².